The van der Waals surface area contributed by atoms with Crippen molar-refractivity contribution in [3.05, 3.63) is 46.4 Å². The highest BCUT2D eigenvalue weighted by molar-refractivity contribution is 5.94. The SMILES string of the molecule is Cc1ccc(C(=O)NC[C@H]2CC[C@@H](Nc3nc4c(c(N(C)C)n3)CCCC4)CC2)cc1F. The number of benzene rings is 1. The minimum atomic E-state index is -0.342. The lowest BCUT2D eigenvalue weighted by atomic mass is 9.86. The Kier molecular flexibility index (Phi) is 6.92. The monoisotopic (exact) mass is 439 g/mol. The lowest BCUT2D eigenvalue weighted by Gasteiger charge is -2.30. The molecule has 2 aliphatic rings. The number of carbonyl (C=O) groups is 1. The van der Waals surface area contributed by atoms with E-state index in [-0.39, 0.29) is 11.7 Å². The molecule has 1 aromatic carbocycles. The Bertz CT molecular complexity index is 969. The molecule has 32 heavy (non-hydrogen) atoms. The largest absolute Gasteiger partial charge is 0.362 e. The maximum atomic E-state index is 13.7. The molecule has 4 rings (SSSR count). The number of carbonyl (C=O) groups excluding carboxylic acids is 1. The van der Waals surface area contributed by atoms with Crippen molar-refractivity contribution < 1.29 is 9.18 Å². The van der Waals surface area contributed by atoms with E-state index >= 15 is 0 Å². The van der Waals surface area contributed by atoms with Crippen molar-refractivity contribution in [1.82, 2.24) is 15.3 Å². The molecule has 0 aliphatic heterocycles. The first kappa shape index (κ1) is 22.5. The fraction of sp³-hybridized carbons (Fsp3) is 0.560. The van der Waals surface area contributed by atoms with Gasteiger partial charge in [0.25, 0.3) is 5.91 Å². The van der Waals surface area contributed by atoms with E-state index in [0.29, 0.717) is 29.6 Å². The van der Waals surface area contributed by atoms with Crippen LogP contribution >= 0.6 is 0 Å². The minimum absolute atomic E-state index is 0.206. The molecule has 1 saturated carbocycles. The zero-order valence-corrected chi connectivity index (χ0v) is 19.4. The Balaban J connectivity index is 1.29. The molecular formula is C25H34FN5O. The number of nitrogens with one attached hydrogen (secondary N) is 2. The van der Waals surface area contributed by atoms with Crippen molar-refractivity contribution in [3.8, 4) is 0 Å². The summed E-state index contributed by atoms with van der Waals surface area (Å²) in [6.45, 7) is 2.32. The van der Waals surface area contributed by atoms with Crippen molar-refractivity contribution in [1.29, 1.82) is 0 Å². The van der Waals surface area contributed by atoms with Gasteiger partial charge in [-0.2, -0.15) is 4.98 Å². The zero-order chi connectivity index (χ0) is 22.7. The molecule has 0 atom stereocenters. The number of halogens is 1. The summed E-state index contributed by atoms with van der Waals surface area (Å²) in [7, 11) is 4.09. The Hall–Kier alpha value is -2.70. The predicted molar refractivity (Wildman–Crippen MR) is 126 cm³/mol. The molecule has 0 spiro atoms. The quantitative estimate of drug-likeness (QED) is 0.703. The first-order valence-electron chi connectivity index (χ1n) is 11.8. The van der Waals surface area contributed by atoms with Gasteiger partial charge in [0.2, 0.25) is 5.95 Å². The van der Waals surface area contributed by atoms with Gasteiger partial charge >= 0.3 is 0 Å². The average molecular weight is 440 g/mol. The van der Waals surface area contributed by atoms with Crippen LogP contribution in [0.4, 0.5) is 16.2 Å². The summed E-state index contributed by atoms with van der Waals surface area (Å²) in [5.41, 5.74) is 3.43. The van der Waals surface area contributed by atoms with E-state index in [1.165, 1.54) is 30.2 Å². The molecule has 1 aromatic heterocycles. The van der Waals surface area contributed by atoms with Gasteiger partial charge in [0, 0.05) is 37.8 Å². The van der Waals surface area contributed by atoms with Gasteiger partial charge < -0.3 is 15.5 Å². The van der Waals surface area contributed by atoms with Crippen molar-refractivity contribution in [2.75, 3.05) is 30.9 Å². The number of aromatic nitrogens is 2. The molecule has 2 N–H and O–H groups in total. The second kappa shape index (κ2) is 9.84. The summed E-state index contributed by atoms with van der Waals surface area (Å²) in [5, 5.41) is 6.55. The van der Waals surface area contributed by atoms with E-state index in [1.807, 2.05) is 14.1 Å². The maximum Gasteiger partial charge on any atom is 0.251 e. The average Bonchev–Trinajstić information content (AvgIpc) is 2.79. The molecule has 0 radical (unpaired) electrons. The predicted octanol–water partition coefficient (Wildman–Crippen LogP) is 4.27. The van der Waals surface area contributed by atoms with Crippen molar-refractivity contribution in [2.24, 2.45) is 5.92 Å². The van der Waals surface area contributed by atoms with Crippen LogP contribution in [0.3, 0.4) is 0 Å². The maximum absolute atomic E-state index is 13.7. The van der Waals surface area contributed by atoms with Crippen LogP contribution in [0.15, 0.2) is 18.2 Å². The Morgan fingerprint density at radius 1 is 1.12 bits per heavy atom. The molecular weight excluding hydrogens is 405 g/mol. The molecule has 1 heterocycles. The van der Waals surface area contributed by atoms with E-state index < -0.39 is 0 Å². The topological polar surface area (TPSA) is 70.2 Å². The van der Waals surface area contributed by atoms with Crippen molar-refractivity contribution >= 4 is 17.7 Å². The normalized spacial score (nSPS) is 20.4. The van der Waals surface area contributed by atoms with Crippen LogP contribution in [0.1, 0.15) is 65.7 Å². The van der Waals surface area contributed by atoms with Gasteiger partial charge in [0.15, 0.2) is 0 Å². The third kappa shape index (κ3) is 5.19. The molecule has 172 valence electrons. The lowest BCUT2D eigenvalue weighted by molar-refractivity contribution is 0.0943. The van der Waals surface area contributed by atoms with Gasteiger partial charge in [-0.1, -0.05) is 6.07 Å². The molecule has 0 unspecified atom stereocenters. The third-order valence-electron chi connectivity index (χ3n) is 6.75. The van der Waals surface area contributed by atoms with Gasteiger partial charge in [0.05, 0.1) is 5.69 Å². The van der Waals surface area contributed by atoms with Crippen LogP contribution in [0, 0.1) is 18.7 Å². The lowest BCUT2D eigenvalue weighted by Crippen LogP contribution is -2.34. The number of hydrogen-bond acceptors (Lipinski definition) is 5. The molecule has 0 bridgehead atoms. The molecule has 2 aromatic rings. The summed E-state index contributed by atoms with van der Waals surface area (Å²) in [4.78, 5) is 24.1. The smallest absolute Gasteiger partial charge is 0.251 e. The van der Waals surface area contributed by atoms with E-state index in [4.69, 9.17) is 9.97 Å². The highest BCUT2D eigenvalue weighted by Crippen LogP contribution is 2.30. The Morgan fingerprint density at radius 3 is 2.59 bits per heavy atom. The first-order valence-corrected chi connectivity index (χ1v) is 11.8. The second-order valence-corrected chi connectivity index (χ2v) is 9.43. The van der Waals surface area contributed by atoms with Gasteiger partial charge in [-0.05, 0) is 81.9 Å². The van der Waals surface area contributed by atoms with E-state index in [1.54, 1.807) is 19.1 Å². The Labute approximate surface area is 190 Å². The van der Waals surface area contributed by atoms with Crippen LogP contribution in [0.5, 0.6) is 0 Å². The number of rotatable bonds is 6. The van der Waals surface area contributed by atoms with Gasteiger partial charge in [-0.3, -0.25) is 4.79 Å². The zero-order valence-electron chi connectivity index (χ0n) is 19.4. The van der Waals surface area contributed by atoms with Gasteiger partial charge in [-0.15, -0.1) is 0 Å². The Morgan fingerprint density at radius 2 is 1.88 bits per heavy atom. The van der Waals surface area contributed by atoms with Gasteiger partial charge in [0.1, 0.15) is 11.6 Å². The number of fused-ring (bicyclic) bond motifs is 1. The van der Waals surface area contributed by atoms with Crippen molar-refractivity contribution in [3.63, 3.8) is 0 Å². The standard InChI is InChI=1S/C25H34FN5O/c1-16-8-11-18(14-21(16)26)24(32)27-15-17-9-12-19(13-10-17)28-25-29-22-7-5-4-6-20(22)23(30-25)31(2)3/h8,11,14,17,19H,4-7,9-10,12-13,15H2,1-3H3,(H,27,32)(H,28,29,30)/t17-,19+. The molecule has 2 aliphatic carbocycles. The van der Waals surface area contributed by atoms with Crippen LogP contribution in [-0.2, 0) is 12.8 Å². The van der Waals surface area contributed by atoms with Crippen LogP contribution in [0.25, 0.3) is 0 Å². The summed E-state index contributed by atoms with van der Waals surface area (Å²) in [5.74, 6) is 1.68. The van der Waals surface area contributed by atoms with E-state index in [9.17, 15) is 9.18 Å². The minimum Gasteiger partial charge on any atom is -0.362 e. The van der Waals surface area contributed by atoms with Crippen LogP contribution < -0.4 is 15.5 Å². The van der Waals surface area contributed by atoms with Crippen LogP contribution in [0.2, 0.25) is 0 Å². The fourth-order valence-electron chi connectivity index (χ4n) is 4.78. The number of amides is 1. The number of hydrogen-bond donors (Lipinski definition) is 2. The third-order valence-corrected chi connectivity index (χ3v) is 6.75. The molecule has 6 nitrogen and oxygen atoms in total. The van der Waals surface area contributed by atoms with Crippen LogP contribution in [-0.4, -0.2) is 42.6 Å². The first-order chi connectivity index (χ1) is 15.4. The van der Waals surface area contributed by atoms with E-state index in [2.05, 4.69) is 15.5 Å². The highest BCUT2D eigenvalue weighted by Gasteiger charge is 2.24. The fourth-order valence-corrected chi connectivity index (χ4v) is 4.78. The van der Waals surface area contributed by atoms with Gasteiger partial charge in [-0.25, -0.2) is 9.37 Å². The number of nitrogens with zero attached hydrogens (tertiary/aromatic N) is 3. The summed E-state index contributed by atoms with van der Waals surface area (Å²) in [6, 6.07) is 4.98. The van der Waals surface area contributed by atoms with Crippen molar-refractivity contribution in [2.45, 2.75) is 64.3 Å². The van der Waals surface area contributed by atoms with E-state index in [0.717, 1.165) is 50.3 Å². The second-order valence-electron chi connectivity index (χ2n) is 9.43. The molecule has 1 fully saturated rings. The molecule has 0 saturated heterocycles. The number of aryl methyl sites for hydroxylation is 2. The molecule has 1 amide bonds. The summed E-state index contributed by atoms with van der Waals surface area (Å²) >= 11 is 0. The number of anilines is 2. The summed E-state index contributed by atoms with van der Waals surface area (Å²) < 4.78 is 13.7. The molecule has 7 heteroatoms. The highest BCUT2D eigenvalue weighted by atomic mass is 19.1. The summed E-state index contributed by atoms with van der Waals surface area (Å²) in [6.07, 6.45) is 8.62.